The third-order valence-electron chi connectivity index (χ3n) is 5.28. The molecule has 0 radical (unpaired) electrons. The lowest BCUT2D eigenvalue weighted by Crippen LogP contribution is -2.24. The number of carbonyl (C=O) groups is 1. The molecule has 1 N–H and O–H groups in total. The summed E-state index contributed by atoms with van der Waals surface area (Å²) in [6.07, 6.45) is 0.765. The van der Waals surface area contributed by atoms with Crippen molar-refractivity contribution < 1.29 is 9.53 Å². The van der Waals surface area contributed by atoms with E-state index in [4.69, 9.17) is 9.72 Å². The standard InChI is InChI=1S/C24H25N3O3S2/c1-4-30-18-10-8-17(9-11-18)27-23(29)22-20(12-13-31-22)26-24(27)32-14-21(28)25-19-7-5-6-15(2)16(19)3/h5-11H,4,12-14H2,1-3H3,(H,25,28). The molecule has 0 unspecified atom stereocenters. The molecular formula is C24H25N3O3S2. The number of aromatic nitrogens is 2. The number of nitrogens with one attached hydrogen (secondary N) is 1. The SMILES string of the molecule is CCOc1ccc(-n2c(SCC(=O)Nc3cccc(C)c3C)nc3c(c2=O)SCC3)cc1. The summed E-state index contributed by atoms with van der Waals surface area (Å²) in [7, 11) is 0. The third-order valence-corrected chi connectivity index (χ3v) is 7.33. The molecule has 1 amide bonds. The Labute approximate surface area is 195 Å². The van der Waals surface area contributed by atoms with Crippen LogP contribution in [0.5, 0.6) is 5.75 Å². The van der Waals surface area contributed by atoms with Gasteiger partial charge in [0.15, 0.2) is 5.16 Å². The molecule has 2 aromatic carbocycles. The van der Waals surface area contributed by atoms with Crippen LogP contribution in [0.1, 0.15) is 23.7 Å². The van der Waals surface area contributed by atoms with Crippen LogP contribution in [0.4, 0.5) is 5.69 Å². The highest BCUT2D eigenvalue weighted by Gasteiger charge is 2.23. The number of anilines is 1. The summed E-state index contributed by atoms with van der Waals surface area (Å²) in [5.74, 6) is 1.62. The minimum absolute atomic E-state index is 0.0842. The predicted octanol–water partition coefficient (Wildman–Crippen LogP) is 4.63. The Kier molecular flexibility index (Phi) is 6.91. The van der Waals surface area contributed by atoms with E-state index < -0.39 is 0 Å². The number of aryl methyl sites for hydroxylation is 2. The first-order chi connectivity index (χ1) is 15.5. The normalized spacial score (nSPS) is 12.5. The van der Waals surface area contributed by atoms with Gasteiger partial charge in [0.05, 0.1) is 28.6 Å². The second kappa shape index (κ2) is 9.83. The van der Waals surface area contributed by atoms with E-state index in [9.17, 15) is 9.59 Å². The third kappa shape index (κ3) is 4.71. The van der Waals surface area contributed by atoms with Gasteiger partial charge in [0, 0.05) is 17.9 Å². The van der Waals surface area contributed by atoms with Crippen molar-refractivity contribution >= 4 is 35.1 Å². The Morgan fingerprint density at radius 2 is 2.00 bits per heavy atom. The van der Waals surface area contributed by atoms with Crippen molar-refractivity contribution in [1.29, 1.82) is 0 Å². The average Bonchev–Trinajstić information content (AvgIpc) is 3.26. The number of fused-ring (bicyclic) bond motifs is 1. The fourth-order valence-corrected chi connectivity index (χ4v) is 5.33. The Balaban J connectivity index is 1.60. The van der Waals surface area contributed by atoms with Crippen molar-refractivity contribution in [2.75, 3.05) is 23.4 Å². The predicted molar refractivity (Wildman–Crippen MR) is 131 cm³/mol. The van der Waals surface area contributed by atoms with Crippen molar-refractivity contribution in [2.24, 2.45) is 0 Å². The van der Waals surface area contributed by atoms with Crippen LogP contribution in [0.25, 0.3) is 5.69 Å². The summed E-state index contributed by atoms with van der Waals surface area (Å²) in [6, 6.07) is 13.2. The van der Waals surface area contributed by atoms with Crippen LogP contribution >= 0.6 is 23.5 Å². The first-order valence-electron chi connectivity index (χ1n) is 10.5. The van der Waals surface area contributed by atoms with E-state index in [1.165, 1.54) is 11.8 Å². The van der Waals surface area contributed by atoms with Gasteiger partial charge < -0.3 is 10.1 Å². The van der Waals surface area contributed by atoms with Crippen LogP contribution in [0.15, 0.2) is 57.3 Å². The molecule has 0 saturated carbocycles. The Morgan fingerprint density at radius 1 is 1.22 bits per heavy atom. The number of amides is 1. The molecule has 8 heteroatoms. The smallest absolute Gasteiger partial charge is 0.272 e. The molecule has 0 aliphatic carbocycles. The van der Waals surface area contributed by atoms with Gasteiger partial charge in [-0.2, -0.15) is 0 Å². The molecule has 0 fully saturated rings. The van der Waals surface area contributed by atoms with Gasteiger partial charge >= 0.3 is 0 Å². The van der Waals surface area contributed by atoms with Gasteiger partial charge in [0.1, 0.15) is 5.75 Å². The lowest BCUT2D eigenvalue weighted by atomic mass is 10.1. The molecule has 32 heavy (non-hydrogen) atoms. The highest BCUT2D eigenvalue weighted by molar-refractivity contribution is 8.00. The number of hydrogen-bond donors (Lipinski definition) is 1. The number of thioether (sulfide) groups is 2. The fraction of sp³-hybridized carbons (Fsp3) is 0.292. The fourth-order valence-electron chi connectivity index (χ4n) is 3.48. The van der Waals surface area contributed by atoms with Crippen LogP contribution in [0.2, 0.25) is 0 Å². The largest absolute Gasteiger partial charge is 0.494 e. The highest BCUT2D eigenvalue weighted by atomic mass is 32.2. The van der Waals surface area contributed by atoms with Crippen molar-refractivity contribution in [3.05, 3.63) is 69.6 Å². The molecule has 1 aliphatic rings. The van der Waals surface area contributed by atoms with Crippen LogP contribution in [0.3, 0.4) is 0 Å². The van der Waals surface area contributed by atoms with Gasteiger partial charge in [-0.15, -0.1) is 11.8 Å². The zero-order valence-electron chi connectivity index (χ0n) is 18.3. The summed E-state index contributed by atoms with van der Waals surface area (Å²) < 4.78 is 7.12. The minimum Gasteiger partial charge on any atom is -0.494 e. The second-order valence-electron chi connectivity index (χ2n) is 7.42. The van der Waals surface area contributed by atoms with Gasteiger partial charge in [0.2, 0.25) is 5.91 Å². The molecule has 0 atom stereocenters. The maximum absolute atomic E-state index is 13.3. The van der Waals surface area contributed by atoms with Crippen molar-refractivity contribution in [3.63, 3.8) is 0 Å². The number of ether oxygens (including phenoxy) is 1. The van der Waals surface area contributed by atoms with E-state index in [0.717, 1.165) is 40.4 Å². The maximum atomic E-state index is 13.3. The molecular weight excluding hydrogens is 442 g/mol. The van der Waals surface area contributed by atoms with Gasteiger partial charge in [-0.05, 0) is 62.2 Å². The van der Waals surface area contributed by atoms with Crippen molar-refractivity contribution in [1.82, 2.24) is 9.55 Å². The first-order valence-corrected chi connectivity index (χ1v) is 12.5. The van der Waals surface area contributed by atoms with Gasteiger partial charge in [-0.1, -0.05) is 23.9 Å². The lowest BCUT2D eigenvalue weighted by molar-refractivity contribution is -0.113. The van der Waals surface area contributed by atoms with Crippen LogP contribution in [0, 0.1) is 13.8 Å². The Morgan fingerprint density at radius 3 is 2.75 bits per heavy atom. The summed E-state index contributed by atoms with van der Waals surface area (Å²) >= 11 is 2.82. The Bertz CT molecular complexity index is 1210. The summed E-state index contributed by atoms with van der Waals surface area (Å²) in [4.78, 5) is 31.4. The van der Waals surface area contributed by atoms with Crippen LogP contribution < -0.4 is 15.6 Å². The van der Waals surface area contributed by atoms with E-state index in [0.29, 0.717) is 22.3 Å². The molecule has 4 rings (SSSR count). The van der Waals surface area contributed by atoms with Crippen LogP contribution in [-0.2, 0) is 11.2 Å². The quantitative estimate of drug-likeness (QED) is 0.404. The number of rotatable bonds is 7. The molecule has 0 spiro atoms. The zero-order chi connectivity index (χ0) is 22.7. The molecule has 1 aliphatic heterocycles. The van der Waals surface area contributed by atoms with Gasteiger partial charge in [0.25, 0.3) is 5.56 Å². The number of carbonyl (C=O) groups excluding carboxylic acids is 1. The van der Waals surface area contributed by atoms with E-state index in [1.54, 1.807) is 16.3 Å². The first kappa shape index (κ1) is 22.5. The van der Waals surface area contributed by atoms with Crippen LogP contribution in [-0.4, -0.2) is 33.6 Å². The second-order valence-corrected chi connectivity index (χ2v) is 9.47. The molecule has 166 valence electrons. The molecule has 3 aromatic rings. The van der Waals surface area contributed by atoms with E-state index in [1.807, 2.05) is 63.2 Å². The van der Waals surface area contributed by atoms with E-state index in [-0.39, 0.29) is 17.2 Å². The van der Waals surface area contributed by atoms with Gasteiger partial charge in [-0.25, -0.2) is 4.98 Å². The number of nitrogens with zero attached hydrogens (tertiary/aromatic N) is 2. The summed E-state index contributed by atoms with van der Waals surface area (Å²) in [5.41, 5.74) is 4.41. The summed E-state index contributed by atoms with van der Waals surface area (Å²) in [5, 5.41) is 3.50. The van der Waals surface area contributed by atoms with Gasteiger partial charge in [-0.3, -0.25) is 14.2 Å². The summed E-state index contributed by atoms with van der Waals surface area (Å²) in [6.45, 7) is 6.51. The minimum atomic E-state index is -0.133. The molecule has 6 nitrogen and oxygen atoms in total. The average molecular weight is 468 g/mol. The lowest BCUT2D eigenvalue weighted by Gasteiger charge is -2.15. The van der Waals surface area contributed by atoms with E-state index >= 15 is 0 Å². The van der Waals surface area contributed by atoms with Crippen molar-refractivity contribution in [3.8, 4) is 11.4 Å². The topological polar surface area (TPSA) is 73.2 Å². The molecule has 0 bridgehead atoms. The maximum Gasteiger partial charge on any atom is 0.272 e. The Hall–Kier alpha value is -2.71. The monoisotopic (exact) mass is 467 g/mol. The van der Waals surface area contributed by atoms with Crippen molar-refractivity contribution in [2.45, 2.75) is 37.2 Å². The molecule has 0 saturated heterocycles. The number of hydrogen-bond acceptors (Lipinski definition) is 6. The zero-order valence-corrected chi connectivity index (χ0v) is 19.9. The van der Waals surface area contributed by atoms with E-state index in [2.05, 4.69) is 5.32 Å². The molecule has 2 heterocycles. The molecule has 1 aromatic heterocycles. The number of benzene rings is 2. The highest BCUT2D eigenvalue weighted by Crippen LogP contribution is 2.30.